The van der Waals surface area contributed by atoms with Gasteiger partial charge in [0.05, 0.1) is 5.41 Å². The molecule has 1 aromatic rings. The van der Waals surface area contributed by atoms with Crippen molar-refractivity contribution in [3.63, 3.8) is 0 Å². The van der Waals surface area contributed by atoms with Crippen LogP contribution in [0.5, 0.6) is 0 Å². The number of benzene rings is 1. The average molecular weight is 247 g/mol. The first-order valence-corrected chi connectivity index (χ1v) is 6.51. The van der Waals surface area contributed by atoms with Crippen molar-refractivity contribution in [3.05, 3.63) is 29.3 Å². The Morgan fingerprint density at radius 2 is 2.17 bits per heavy atom. The predicted octanol–water partition coefficient (Wildman–Crippen LogP) is 2.82. The van der Waals surface area contributed by atoms with Crippen molar-refractivity contribution in [1.29, 1.82) is 0 Å². The lowest BCUT2D eigenvalue weighted by Gasteiger charge is -2.24. The summed E-state index contributed by atoms with van der Waals surface area (Å²) in [5, 5.41) is 9.28. The van der Waals surface area contributed by atoms with E-state index in [1.807, 2.05) is 6.07 Å². The van der Waals surface area contributed by atoms with Crippen LogP contribution in [0.25, 0.3) is 0 Å². The van der Waals surface area contributed by atoms with Gasteiger partial charge in [0.1, 0.15) is 0 Å². The van der Waals surface area contributed by atoms with E-state index < -0.39 is 11.4 Å². The van der Waals surface area contributed by atoms with E-state index in [0.29, 0.717) is 6.04 Å². The molecule has 0 fully saturated rings. The van der Waals surface area contributed by atoms with Crippen LogP contribution in [0.4, 0.5) is 5.69 Å². The van der Waals surface area contributed by atoms with E-state index in [-0.39, 0.29) is 0 Å². The molecule has 1 heterocycles. The fourth-order valence-corrected chi connectivity index (χ4v) is 2.69. The highest BCUT2D eigenvalue weighted by Crippen LogP contribution is 2.35. The lowest BCUT2D eigenvalue weighted by atomic mass is 9.83. The molecule has 2 rings (SSSR count). The summed E-state index contributed by atoms with van der Waals surface area (Å²) < 4.78 is 0. The SMILES string of the molecule is CCN1c2ccc(C(C)(C)C(=O)O)cc2CC1C. The minimum Gasteiger partial charge on any atom is -0.481 e. The zero-order chi connectivity index (χ0) is 13.5. The number of hydrogen-bond acceptors (Lipinski definition) is 2. The zero-order valence-corrected chi connectivity index (χ0v) is 11.5. The third-order valence-corrected chi connectivity index (χ3v) is 4.03. The van der Waals surface area contributed by atoms with Crippen molar-refractivity contribution in [2.75, 3.05) is 11.4 Å². The van der Waals surface area contributed by atoms with Crippen LogP contribution in [0.3, 0.4) is 0 Å². The van der Waals surface area contributed by atoms with Crippen molar-refractivity contribution >= 4 is 11.7 Å². The van der Waals surface area contributed by atoms with E-state index in [1.165, 1.54) is 11.3 Å². The molecule has 0 bridgehead atoms. The van der Waals surface area contributed by atoms with Gasteiger partial charge in [-0.2, -0.15) is 0 Å². The van der Waals surface area contributed by atoms with E-state index in [2.05, 4.69) is 30.9 Å². The molecule has 0 spiro atoms. The van der Waals surface area contributed by atoms with Gasteiger partial charge in [-0.05, 0) is 51.3 Å². The van der Waals surface area contributed by atoms with E-state index in [0.717, 1.165) is 18.5 Å². The topological polar surface area (TPSA) is 40.5 Å². The number of fused-ring (bicyclic) bond motifs is 1. The van der Waals surface area contributed by atoms with Crippen LogP contribution in [0, 0.1) is 0 Å². The number of rotatable bonds is 3. The number of anilines is 1. The normalized spacial score (nSPS) is 18.9. The summed E-state index contributed by atoms with van der Waals surface area (Å²) in [7, 11) is 0. The fraction of sp³-hybridized carbons (Fsp3) is 0.533. The number of hydrogen-bond donors (Lipinski definition) is 1. The number of carboxylic acid groups (broad SMARTS) is 1. The summed E-state index contributed by atoms with van der Waals surface area (Å²) in [6, 6.07) is 6.60. The van der Waals surface area contributed by atoms with Gasteiger partial charge in [0.25, 0.3) is 0 Å². The largest absolute Gasteiger partial charge is 0.481 e. The number of aliphatic carboxylic acids is 1. The highest BCUT2D eigenvalue weighted by Gasteiger charge is 2.32. The van der Waals surface area contributed by atoms with E-state index in [4.69, 9.17) is 0 Å². The van der Waals surface area contributed by atoms with E-state index in [1.54, 1.807) is 13.8 Å². The molecule has 3 nitrogen and oxygen atoms in total. The number of likely N-dealkylation sites (N-methyl/N-ethyl adjacent to an activating group) is 1. The maximum absolute atomic E-state index is 11.3. The van der Waals surface area contributed by atoms with Gasteiger partial charge in [-0.15, -0.1) is 0 Å². The molecule has 1 unspecified atom stereocenters. The van der Waals surface area contributed by atoms with Crippen molar-refractivity contribution in [3.8, 4) is 0 Å². The molecular formula is C15H21NO2. The molecule has 0 aromatic heterocycles. The summed E-state index contributed by atoms with van der Waals surface area (Å²) in [5.74, 6) is -0.777. The average Bonchev–Trinajstić information content (AvgIpc) is 2.62. The van der Waals surface area contributed by atoms with Gasteiger partial charge in [0, 0.05) is 18.3 Å². The first-order chi connectivity index (χ1) is 8.37. The molecule has 1 aliphatic rings. The summed E-state index contributed by atoms with van der Waals surface area (Å²) in [5.41, 5.74) is 2.60. The summed E-state index contributed by atoms with van der Waals surface area (Å²) in [6.07, 6.45) is 1.01. The summed E-state index contributed by atoms with van der Waals surface area (Å²) in [4.78, 5) is 13.7. The smallest absolute Gasteiger partial charge is 0.313 e. The number of carbonyl (C=O) groups is 1. The maximum atomic E-state index is 11.3. The Morgan fingerprint density at radius 1 is 1.50 bits per heavy atom. The standard InChI is InChI=1S/C15H21NO2/c1-5-16-10(2)8-11-9-12(6-7-13(11)16)15(3,4)14(17)18/h6-7,9-10H,5,8H2,1-4H3,(H,17,18). The minimum absolute atomic E-state index is 0.508. The van der Waals surface area contributed by atoms with Crippen LogP contribution in [-0.4, -0.2) is 23.7 Å². The Bertz CT molecular complexity index is 479. The molecule has 0 saturated heterocycles. The van der Waals surface area contributed by atoms with Gasteiger partial charge < -0.3 is 10.0 Å². The molecule has 1 aromatic carbocycles. The lowest BCUT2D eigenvalue weighted by molar-refractivity contribution is -0.142. The molecule has 1 N–H and O–H groups in total. The van der Waals surface area contributed by atoms with Gasteiger partial charge in [-0.3, -0.25) is 4.79 Å². The van der Waals surface area contributed by atoms with Crippen LogP contribution in [0.1, 0.15) is 38.8 Å². The molecule has 18 heavy (non-hydrogen) atoms. The first-order valence-electron chi connectivity index (χ1n) is 6.51. The van der Waals surface area contributed by atoms with Crippen LogP contribution in [-0.2, 0) is 16.6 Å². The predicted molar refractivity (Wildman–Crippen MR) is 73.3 cm³/mol. The second-order valence-electron chi connectivity index (χ2n) is 5.61. The third kappa shape index (κ3) is 1.88. The van der Waals surface area contributed by atoms with E-state index >= 15 is 0 Å². The molecule has 1 aliphatic heterocycles. The number of nitrogens with zero attached hydrogens (tertiary/aromatic N) is 1. The molecule has 0 amide bonds. The van der Waals surface area contributed by atoms with Crippen LogP contribution in [0.15, 0.2) is 18.2 Å². The molecule has 98 valence electrons. The first kappa shape index (κ1) is 12.9. The molecule has 0 radical (unpaired) electrons. The van der Waals surface area contributed by atoms with Gasteiger partial charge in [-0.25, -0.2) is 0 Å². The van der Waals surface area contributed by atoms with Crippen molar-refractivity contribution in [1.82, 2.24) is 0 Å². The zero-order valence-electron chi connectivity index (χ0n) is 11.5. The van der Waals surface area contributed by atoms with Gasteiger partial charge in [0.2, 0.25) is 0 Å². The Balaban J connectivity index is 2.42. The van der Waals surface area contributed by atoms with Gasteiger partial charge in [0.15, 0.2) is 0 Å². The monoisotopic (exact) mass is 247 g/mol. The minimum atomic E-state index is -0.822. The second-order valence-corrected chi connectivity index (χ2v) is 5.61. The van der Waals surface area contributed by atoms with Gasteiger partial charge >= 0.3 is 5.97 Å². The molecule has 0 saturated carbocycles. The van der Waals surface area contributed by atoms with Crippen LogP contribution in [0.2, 0.25) is 0 Å². The third-order valence-electron chi connectivity index (χ3n) is 4.03. The quantitative estimate of drug-likeness (QED) is 0.893. The Kier molecular flexibility index (Phi) is 3.09. The van der Waals surface area contributed by atoms with Crippen molar-refractivity contribution in [2.24, 2.45) is 0 Å². The van der Waals surface area contributed by atoms with Crippen LogP contribution >= 0.6 is 0 Å². The molecular weight excluding hydrogens is 226 g/mol. The van der Waals surface area contributed by atoms with Crippen molar-refractivity contribution < 1.29 is 9.90 Å². The highest BCUT2D eigenvalue weighted by atomic mass is 16.4. The second kappa shape index (κ2) is 4.30. The fourth-order valence-electron chi connectivity index (χ4n) is 2.69. The molecule has 0 aliphatic carbocycles. The number of carboxylic acids is 1. The van der Waals surface area contributed by atoms with Crippen LogP contribution < -0.4 is 4.90 Å². The lowest BCUT2D eigenvalue weighted by Crippen LogP contribution is -2.29. The van der Waals surface area contributed by atoms with E-state index in [9.17, 15) is 9.90 Å². The Labute approximate surface area is 108 Å². The molecule has 1 atom stereocenters. The Morgan fingerprint density at radius 3 is 2.72 bits per heavy atom. The maximum Gasteiger partial charge on any atom is 0.313 e. The molecule has 3 heteroatoms. The van der Waals surface area contributed by atoms with Crippen molar-refractivity contribution in [2.45, 2.75) is 45.6 Å². The summed E-state index contributed by atoms with van der Waals surface area (Å²) >= 11 is 0. The van der Waals surface area contributed by atoms with Gasteiger partial charge in [-0.1, -0.05) is 12.1 Å². The highest BCUT2D eigenvalue weighted by molar-refractivity contribution is 5.81. The summed E-state index contributed by atoms with van der Waals surface area (Å²) in [6.45, 7) is 8.88. The Hall–Kier alpha value is -1.51.